The number of rotatable bonds is 4. The lowest BCUT2D eigenvalue weighted by Gasteiger charge is -2.29. The molecule has 1 fully saturated rings. The lowest BCUT2D eigenvalue weighted by Crippen LogP contribution is -2.33. The van der Waals surface area contributed by atoms with E-state index in [-0.39, 0.29) is 5.97 Å². The standard InChI is InChI=1S/C16H23N3O2/c1-4-18-15(19-17)14-9-12(16(20)21-3)10(2)8-13(14)11-6-5-7-11/h8-9,11H,4-7,17H2,1-3H3,(H,18,19). The van der Waals surface area contributed by atoms with Gasteiger partial charge in [-0.05, 0) is 49.8 Å². The van der Waals surface area contributed by atoms with Crippen LogP contribution in [0.5, 0.6) is 0 Å². The summed E-state index contributed by atoms with van der Waals surface area (Å²) in [4.78, 5) is 16.3. The third-order valence-electron chi connectivity index (χ3n) is 4.05. The first-order valence-corrected chi connectivity index (χ1v) is 7.36. The van der Waals surface area contributed by atoms with Crippen molar-refractivity contribution in [2.75, 3.05) is 13.7 Å². The minimum Gasteiger partial charge on any atom is -0.465 e. The van der Waals surface area contributed by atoms with Crippen LogP contribution in [0.15, 0.2) is 17.1 Å². The number of nitrogens with two attached hydrogens (primary N) is 1. The van der Waals surface area contributed by atoms with Gasteiger partial charge in [0, 0.05) is 12.1 Å². The molecule has 0 aromatic heterocycles. The Hall–Kier alpha value is -1.88. The molecule has 1 saturated carbocycles. The van der Waals surface area contributed by atoms with Crippen molar-refractivity contribution in [1.82, 2.24) is 5.43 Å². The molecular formula is C16H23N3O2. The van der Waals surface area contributed by atoms with E-state index in [1.165, 1.54) is 31.9 Å². The summed E-state index contributed by atoms with van der Waals surface area (Å²) in [6.07, 6.45) is 3.60. The molecule has 1 aliphatic rings. The van der Waals surface area contributed by atoms with Gasteiger partial charge in [-0.25, -0.2) is 10.6 Å². The first kappa shape index (κ1) is 15.5. The Morgan fingerprint density at radius 2 is 2.14 bits per heavy atom. The van der Waals surface area contributed by atoms with Gasteiger partial charge in [-0.15, -0.1) is 0 Å². The molecule has 0 bridgehead atoms. The average molecular weight is 289 g/mol. The van der Waals surface area contributed by atoms with E-state index in [1.54, 1.807) is 0 Å². The van der Waals surface area contributed by atoms with Gasteiger partial charge in [0.05, 0.1) is 12.7 Å². The molecule has 1 aliphatic carbocycles. The van der Waals surface area contributed by atoms with E-state index in [0.717, 1.165) is 11.1 Å². The molecule has 1 aromatic rings. The zero-order valence-corrected chi connectivity index (χ0v) is 12.9. The van der Waals surface area contributed by atoms with Crippen LogP contribution >= 0.6 is 0 Å². The van der Waals surface area contributed by atoms with E-state index >= 15 is 0 Å². The van der Waals surface area contributed by atoms with E-state index in [1.807, 2.05) is 19.9 Å². The molecule has 0 amide bonds. The Bertz CT molecular complexity index is 563. The van der Waals surface area contributed by atoms with Gasteiger partial charge in [0.25, 0.3) is 0 Å². The van der Waals surface area contributed by atoms with Crippen molar-refractivity contribution in [3.8, 4) is 0 Å². The average Bonchev–Trinajstić information content (AvgIpc) is 2.43. The molecule has 21 heavy (non-hydrogen) atoms. The van der Waals surface area contributed by atoms with Crippen LogP contribution in [0.3, 0.4) is 0 Å². The number of aryl methyl sites for hydroxylation is 1. The van der Waals surface area contributed by atoms with Gasteiger partial charge in [0.2, 0.25) is 0 Å². The first-order chi connectivity index (χ1) is 10.1. The number of esters is 1. The van der Waals surface area contributed by atoms with Gasteiger partial charge >= 0.3 is 5.97 Å². The lowest BCUT2D eigenvalue weighted by atomic mass is 9.77. The van der Waals surface area contributed by atoms with E-state index in [4.69, 9.17) is 10.6 Å². The molecule has 2 rings (SSSR count). The number of hydrogen-bond acceptors (Lipinski definition) is 4. The summed E-state index contributed by atoms with van der Waals surface area (Å²) in [6, 6.07) is 3.93. The normalized spacial score (nSPS) is 15.5. The summed E-state index contributed by atoms with van der Waals surface area (Å²) in [5.74, 6) is 6.45. The highest BCUT2D eigenvalue weighted by atomic mass is 16.5. The quantitative estimate of drug-likeness (QED) is 0.293. The van der Waals surface area contributed by atoms with Crippen LogP contribution in [0.25, 0.3) is 0 Å². The fourth-order valence-electron chi connectivity index (χ4n) is 2.69. The molecule has 0 saturated heterocycles. The Balaban J connectivity index is 2.56. The summed E-state index contributed by atoms with van der Waals surface area (Å²) in [5, 5.41) is 0. The van der Waals surface area contributed by atoms with Crippen LogP contribution in [0.2, 0.25) is 0 Å². The molecule has 0 heterocycles. The van der Waals surface area contributed by atoms with Crippen LogP contribution in [0.1, 0.15) is 59.2 Å². The second-order valence-electron chi connectivity index (χ2n) is 5.34. The Morgan fingerprint density at radius 3 is 2.62 bits per heavy atom. The van der Waals surface area contributed by atoms with Crippen LogP contribution in [0, 0.1) is 6.92 Å². The number of carbonyl (C=O) groups excluding carboxylic acids is 1. The second kappa shape index (κ2) is 6.72. The van der Waals surface area contributed by atoms with Crippen molar-refractivity contribution in [3.05, 3.63) is 34.4 Å². The Labute approximate surface area is 125 Å². The molecule has 0 radical (unpaired) electrons. The molecule has 3 N–H and O–H groups in total. The Morgan fingerprint density at radius 1 is 1.43 bits per heavy atom. The zero-order valence-electron chi connectivity index (χ0n) is 12.9. The molecule has 114 valence electrons. The van der Waals surface area contributed by atoms with Gasteiger partial charge < -0.3 is 10.2 Å². The number of hydrazine groups is 1. The van der Waals surface area contributed by atoms with Crippen molar-refractivity contribution in [1.29, 1.82) is 0 Å². The molecular weight excluding hydrogens is 266 g/mol. The van der Waals surface area contributed by atoms with Gasteiger partial charge in [0.15, 0.2) is 0 Å². The number of ether oxygens (including phenoxy) is 1. The number of aliphatic imine (C=N–C) groups is 1. The summed E-state index contributed by atoms with van der Waals surface area (Å²) in [7, 11) is 1.39. The number of amidine groups is 1. The molecule has 0 aliphatic heterocycles. The van der Waals surface area contributed by atoms with Crippen molar-refractivity contribution >= 4 is 11.8 Å². The third-order valence-corrected chi connectivity index (χ3v) is 4.05. The van der Waals surface area contributed by atoms with Gasteiger partial charge in [-0.2, -0.15) is 0 Å². The zero-order chi connectivity index (χ0) is 15.4. The summed E-state index contributed by atoms with van der Waals surface area (Å²) in [5.41, 5.74) is 6.29. The number of hydrogen-bond donors (Lipinski definition) is 2. The fourth-order valence-corrected chi connectivity index (χ4v) is 2.69. The Kier molecular flexibility index (Phi) is 4.96. The predicted octanol–water partition coefficient (Wildman–Crippen LogP) is 2.28. The predicted molar refractivity (Wildman–Crippen MR) is 83.5 cm³/mol. The second-order valence-corrected chi connectivity index (χ2v) is 5.34. The highest BCUT2D eigenvalue weighted by Crippen LogP contribution is 2.39. The minimum atomic E-state index is -0.332. The summed E-state index contributed by atoms with van der Waals surface area (Å²) in [6.45, 7) is 4.52. The minimum absolute atomic E-state index is 0.332. The van der Waals surface area contributed by atoms with Crippen LogP contribution < -0.4 is 11.3 Å². The molecule has 0 unspecified atom stereocenters. The number of methoxy groups -OCH3 is 1. The van der Waals surface area contributed by atoms with Crippen molar-refractivity contribution < 1.29 is 9.53 Å². The van der Waals surface area contributed by atoms with Gasteiger partial charge in [0.1, 0.15) is 5.84 Å². The number of nitrogens with zero attached hydrogens (tertiary/aromatic N) is 1. The maximum absolute atomic E-state index is 11.9. The lowest BCUT2D eigenvalue weighted by molar-refractivity contribution is 0.0600. The fraction of sp³-hybridized carbons (Fsp3) is 0.500. The maximum atomic E-state index is 11.9. The smallest absolute Gasteiger partial charge is 0.338 e. The van der Waals surface area contributed by atoms with E-state index in [0.29, 0.717) is 23.9 Å². The number of benzene rings is 1. The highest BCUT2D eigenvalue weighted by Gasteiger charge is 2.26. The van der Waals surface area contributed by atoms with Gasteiger partial charge in [-0.1, -0.05) is 12.5 Å². The van der Waals surface area contributed by atoms with Gasteiger partial charge in [-0.3, -0.25) is 4.99 Å². The molecule has 1 aromatic carbocycles. The van der Waals surface area contributed by atoms with Crippen LogP contribution in [-0.4, -0.2) is 25.5 Å². The monoisotopic (exact) mass is 289 g/mol. The SMILES string of the molecule is CCN=C(NN)c1cc(C(=O)OC)c(C)cc1C1CCC1. The van der Waals surface area contributed by atoms with E-state index in [9.17, 15) is 4.79 Å². The van der Waals surface area contributed by atoms with Crippen LogP contribution in [-0.2, 0) is 4.74 Å². The molecule has 5 nitrogen and oxygen atoms in total. The van der Waals surface area contributed by atoms with E-state index < -0.39 is 0 Å². The van der Waals surface area contributed by atoms with Crippen LogP contribution in [0.4, 0.5) is 0 Å². The van der Waals surface area contributed by atoms with E-state index in [2.05, 4.69) is 16.5 Å². The number of carbonyl (C=O) groups is 1. The summed E-state index contributed by atoms with van der Waals surface area (Å²) < 4.78 is 4.86. The maximum Gasteiger partial charge on any atom is 0.338 e. The summed E-state index contributed by atoms with van der Waals surface area (Å²) >= 11 is 0. The molecule has 5 heteroatoms. The third kappa shape index (κ3) is 3.08. The van der Waals surface area contributed by atoms with Crippen molar-refractivity contribution in [3.63, 3.8) is 0 Å². The first-order valence-electron chi connectivity index (χ1n) is 7.36. The molecule has 0 spiro atoms. The highest BCUT2D eigenvalue weighted by molar-refractivity contribution is 6.02. The largest absolute Gasteiger partial charge is 0.465 e. The number of nitrogens with one attached hydrogen (secondary N) is 1. The van der Waals surface area contributed by atoms with Crippen molar-refractivity contribution in [2.45, 2.75) is 39.0 Å². The van der Waals surface area contributed by atoms with Crippen molar-refractivity contribution in [2.24, 2.45) is 10.8 Å². The topological polar surface area (TPSA) is 76.7 Å². The molecule has 0 atom stereocenters.